The molecule has 1 N–H and O–H groups in total. The molecule has 4 nitrogen and oxygen atoms in total. The third-order valence-electron chi connectivity index (χ3n) is 3.24. The van der Waals surface area contributed by atoms with E-state index in [4.69, 9.17) is 0 Å². The standard InChI is InChI=1S/C13H19N3O/c1-16(11-5-4-7-14-9-11)10-13(17)12-6-2-3-8-15-12/h2-3,6,8,11,14H,4-5,7,9-10H2,1H3. The van der Waals surface area contributed by atoms with Gasteiger partial charge in [-0.1, -0.05) is 6.07 Å². The molecule has 2 heterocycles. The van der Waals surface area contributed by atoms with Gasteiger partial charge in [-0.05, 0) is 38.6 Å². The van der Waals surface area contributed by atoms with Crippen LogP contribution in [0.15, 0.2) is 24.4 Å². The van der Waals surface area contributed by atoms with Gasteiger partial charge in [-0.2, -0.15) is 0 Å². The summed E-state index contributed by atoms with van der Waals surface area (Å²) in [7, 11) is 2.01. The van der Waals surface area contributed by atoms with Gasteiger partial charge in [0.15, 0.2) is 5.78 Å². The number of nitrogens with zero attached hydrogens (tertiary/aromatic N) is 2. The molecule has 1 aromatic rings. The molecular weight excluding hydrogens is 214 g/mol. The highest BCUT2D eigenvalue weighted by Crippen LogP contribution is 2.09. The molecular formula is C13H19N3O. The maximum Gasteiger partial charge on any atom is 0.195 e. The molecule has 0 amide bonds. The zero-order valence-corrected chi connectivity index (χ0v) is 10.2. The van der Waals surface area contributed by atoms with Crippen molar-refractivity contribution in [3.05, 3.63) is 30.1 Å². The van der Waals surface area contributed by atoms with Crippen LogP contribution >= 0.6 is 0 Å². The fraction of sp³-hybridized carbons (Fsp3) is 0.538. The lowest BCUT2D eigenvalue weighted by molar-refractivity contribution is 0.0902. The van der Waals surface area contributed by atoms with E-state index in [0.717, 1.165) is 13.1 Å². The molecule has 4 heteroatoms. The predicted octanol–water partition coefficient (Wildman–Crippen LogP) is 0.948. The molecule has 0 aliphatic carbocycles. The van der Waals surface area contributed by atoms with Crippen LogP contribution in [0.4, 0.5) is 0 Å². The zero-order chi connectivity index (χ0) is 12.1. The lowest BCUT2D eigenvalue weighted by Crippen LogP contribution is -2.45. The van der Waals surface area contributed by atoms with Gasteiger partial charge in [-0.15, -0.1) is 0 Å². The van der Waals surface area contributed by atoms with E-state index in [2.05, 4.69) is 15.2 Å². The molecule has 2 rings (SSSR count). The van der Waals surface area contributed by atoms with Crippen molar-refractivity contribution in [1.29, 1.82) is 0 Å². The topological polar surface area (TPSA) is 45.2 Å². The van der Waals surface area contributed by atoms with Crippen molar-refractivity contribution in [2.24, 2.45) is 0 Å². The normalized spacial score (nSPS) is 20.5. The summed E-state index contributed by atoms with van der Waals surface area (Å²) in [5.74, 6) is 0.0960. The smallest absolute Gasteiger partial charge is 0.195 e. The fourth-order valence-corrected chi connectivity index (χ4v) is 2.17. The van der Waals surface area contributed by atoms with Crippen LogP contribution in [0.3, 0.4) is 0 Å². The lowest BCUT2D eigenvalue weighted by Gasteiger charge is -2.31. The number of likely N-dealkylation sites (N-methyl/N-ethyl adjacent to an activating group) is 1. The van der Waals surface area contributed by atoms with E-state index in [1.807, 2.05) is 19.2 Å². The Bertz CT molecular complexity index is 360. The van der Waals surface area contributed by atoms with Gasteiger partial charge in [-0.25, -0.2) is 0 Å². The number of carbonyl (C=O) groups is 1. The van der Waals surface area contributed by atoms with Crippen LogP contribution in [0.1, 0.15) is 23.3 Å². The highest BCUT2D eigenvalue weighted by Gasteiger charge is 2.20. The second kappa shape index (κ2) is 5.89. The molecule has 0 bridgehead atoms. The van der Waals surface area contributed by atoms with E-state index >= 15 is 0 Å². The number of rotatable bonds is 4. The highest BCUT2D eigenvalue weighted by molar-refractivity contribution is 5.95. The maximum atomic E-state index is 12.0. The number of ketones is 1. The van der Waals surface area contributed by atoms with Crippen molar-refractivity contribution in [1.82, 2.24) is 15.2 Å². The van der Waals surface area contributed by atoms with Crippen LogP contribution < -0.4 is 5.32 Å². The van der Waals surface area contributed by atoms with Crippen molar-refractivity contribution in [3.63, 3.8) is 0 Å². The summed E-state index contributed by atoms with van der Waals surface area (Å²) in [5, 5.41) is 3.36. The molecule has 1 aromatic heterocycles. The molecule has 17 heavy (non-hydrogen) atoms. The first-order chi connectivity index (χ1) is 8.27. The van der Waals surface area contributed by atoms with E-state index in [0.29, 0.717) is 18.3 Å². The number of hydrogen-bond acceptors (Lipinski definition) is 4. The average Bonchev–Trinajstić information content (AvgIpc) is 2.40. The van der Waals surface area contributed by atoms with Crippen molar-refractivity contribution in [3.8, 4) is 0 Å². The van der Waals surface area contributed by atoms with Crippen molar-refractivity contribution < 1.29 is 4.79 Å². The van der Waals surface area contributed by atoms with Crippen LogP contribution in [0, 0.1) is 0 Å². The Morgan fingerprint density at radius 1 is 1.59 bits per heavy atom. The fourth-order valence-electron chi connectivity index (χ4n) is 2.17. The first-order valence-corrected chi connectivity index (χ1v) is 6.12. The van der Waals surface area contributed by atoms with E-state index in [1.54, 1.807) is 12.3 Å². The summed E-state index contributed by atoms with van der Waals surface area (Å²) in [6.45, 7) is 2.52. The monoisotopic (exact) mass is 233 g/mol. The van der Waals surface area contributed by atoms with E-state index in [1.165, 1.54) is 12.8 Å². The second-order valence-electron chi connectivity index (χ2n) is 4.55. The summed E-state index contributed by atoms with van der Waals surface area (Å²) < 4.78 is 0. The van der Waals surface area contributed by atoms with Gasteiger partial charge in [0.2, 0.25) is 0 Å². The third kappa shape index (κ3) is 3.35. The van der Waals surface area contributed by atoms with E-state index in [-0.39, 0.29) is 5.78 Å². The third-order valence-corrected chi connectivity index (χ3v) is 3.24. The number of hydrogen-bond donors (Lipinski definition) is 1. The number of nitrogens with one attached hydrogen (secondary N) is 1. The Balaban J connectivity index is 1.89. The van der Waals surface area contributed by atoms with Crippen LogP contribution in [-0.2, 0) is 0 Å². The molecule has 1 unspecified atom stereocenters. The number of aromatic nitrogens is 1. The molecule has 1 aliphatic rings. The quantitative estimate of drug-likeness (QED) is 0.786. The van der Waals surface area contributed by atoms with Crippen LogP contribution in [0.5, 0.6) is 0 Å². The molecule has 0 saturated carbocycles. The van der Waals surface area contributed by atoms with E-state index in [9.17, 15) is 4.79 Å². The predicted molar refractivity (Wildman–Crippen MR) is 67.1 cm³/mol. The molecule has 1 atom stereocenters. The molecule has 92 valence electrons. The number of carbonyl (C=O) groups excluding carboxylic acids is 1. The summed E-state index contributed by atoms with van der Waals surface area (Å²) >= 11 is 0. The summed E-state index contributed by atoms with van der Waals surface area (Å²) in [5.41, 5.74) is 0.558. The SMILES string of the molecule is CN(CC(=O)c1ccccn1)C1CCCNC1. The molecule has 1 saturated heterocycles. The molecule has 1 aliphatic heterocycles. The van der Waals surface area contributed by atoms with Gasteiger partial charge < -0.3 is 5.32 Å². The summed E-state index contributed by atoms with van der Waals surface area (Å²) in [6.07, 6.45) is 4.02. The minimum Gasteiger partial charge on any atom is -0.315 e. The maximum absolute atomic E-state index is 12.0. The summed E-state index contributed by atoms with van der Waals surface area (Å²) in [4.78, 5) is 18.2. The Labute approximate surface area is 102 Å². The largest absolute Gasteiger partial charge is 0.315 e. The Hall–Kier alpha value is -1.26. The van der Waals surface area contributed by atoms with Crippen LogP contribution in [-0.4, -0.2) is 48.4 Å². The molecule has 0 spiro atoms. The highest BCUT2D eigenvalue weighted by atomic mass is 16.1. The summed E-state index contributed by atoms with van der Waals surface area (Å²) in [6, 6.07) is 5.92. The minimum atomic E-state index is 0.0960. The lowest BCUT2D eigenvalue weighted by atomic mass is 10.1. The second-order valence-corrected chi connectivity index (χ2v) is 4.55. The number of Topliss-reactive ketones (excluding diaryl/α,β-unsaturated/α-hetero) is 1. The molecule has 0 aromatic carbocycles. The van der Waals surface area contributed by atoms with Crippen molar-refractivity contribution in [2.75, 3.05) is 26.7 Å². The zero-order valence-electron chi connectivity index (χ0n) is 10.2. The number of piperidine rings is 1. The first-order valence-electron chi connectivity index (χ1n) is 6.12. The van der Waals surface area contributed by atoms with Gasteiger partial charge in [0.1, 0.15) is 5.69 Å². The Morgan fingerprint density at radius 3 is 3.12 bits per heavy atom. The van der Waals surface area contributed by atoms with Crippen molar-refractivity contribution in [2.45, 2.75) is 18.9 Å². The minimum absolute atomic E-state index is 0.0960. The van der Waals surface area contributed by atoms with Gasteiger partial charge in [-0.3, -0.25) is 14.7 Å². The number of pyridine rings is 1. The first kappa shape index (κ1) is 12.2. The van der Waals surface area contributed by atoms with Gasteiger partial charge in [0.25, 0.3) is 0 Å². The van der Waals surface area contributed by atoms with Crippen LogP contribution in [0.2, 0.25) is 0 Å². The van der Waals surface area contributed by atoms with E-state index < -0.39 is 0 Å². The molecule has 0 radical (unpaired) electrons. The van der Waals surface area contributed by atoms with Gasteiger partial charge in [0, 0.05) is 18.8 Å². The average molecular weight is 233 g/mol. The Kier molecular flexibility index (Phi) is 4.23. The Morgan fingerprint density at radius 2 is 2.47 bits per heavy atom. The molecule has 1 fully saturated rings. The van der Waals surface area contributed by atoms with Crippen LogP contribution in [0.25, 0.3) is 0 Å². The van der Waals surface area contributed by atoms with Gasteiger partial charge in [0.05, 0.1) is 6.54 Å². The van der Waals surface area contributed by atoms with Gasteiger partial charge >= 0.3 is 0 Å². The van der Waals surface area contributed by atoms with Crippen molar-refractivity contribution >= 4 is 5.78 Å².